The van der Waals surface area contributed by atoms with Gasteiger partial charge in [0.15, 0.2) is 9.84 Å². The van der Waals surface area contributed by atoms with Crippen molar-refractivity contribution in [2.24, 2.45) is 4.99 Å². The van der Waals surface area contributed by atoms with Crippen molar-refractivity contribution in [3.05, 3.63) is 137 Å². The fraction of sp³-hybridized carbons (Fsp3) is 0.507. The zero-order valence-corrected chi connectivity index (χ0v) is 57.8. The quantitative estimate of drug-likeness (QED) is 0.0791. The normalized spacial score (nSPS) is 19.9. The van der Waals surface area contributed by atoms with Crippen LogP contribution in [-0.2, 0) is 37.8 Å². The first kappa shape index (κ1) is 68.2. The Morgan fingerprint density at radius 3 is 2.22 bits per heavy atom. The molecule has 5 aliphatic heterocycles. The number of pyridine rings is 1. The van der Waals surface area contributed by atoms with Gasteiger partial charge in [-0.2, -0.15) is 0 Å². The molecule has 5 aliphatic rings. The molecule has 0 radical (unpaired) electrons. The van der Waals surface area contributed by atoms with Crippen molar-refractivity contribution in [3.8, 4) is 11.6 Å². The highest BCUT2D eigenvalue weighted by Gasteiger charge is 2.44. The average molecular weight is 1320 g/mol. The maximum Gasteiger partial charge on any atom is 0.410 e. The van der Waals surface area contributed by atoms with Crippen molar-refractivity contribution >= 4 is 61.8 Å². The number of sulfone groups is 1. The molecule has 8 heterocycles. The molecule has 506 valence electrons. The van der Waals surface area contributed by atoms with Crippen LogP contribution in [0.3, 0.4) is 0 Å². The number of halogens is 1. The molecule has 0 spiro atoms. The minimum Gasteiger partial charge on any atom is -0.492 e. The van der Waals surface area contributed by atoms with Gasteiger partial charge in [-0.25, -0.2) is 42.5 Å². The van der Waals surface area contributed by atoms with Crippen LogP contribution in [0.5, 0.6) is 11.6 Å². The molecule has 3 saturated heterocycles. The molecule has 0 unspecified atom stereocenters. The van der Waals surface area contributed by atoms with Crippen LogP contribution in [0.15, 0.2) is 113 Å². The maximum absolute atomic E-state index is 15.0. The third kappa shape index (κ3) is 15.6. The lowest BCUT2D eigenvalue weighted by Gasteiger charge is -2.48. The van der Waals surface area contributed by atoms with E-state index < -0.39 is 31.7 Å². The van der Waals surface area contributed by atoms with Crippen molar-refractivity contribution in [1.29, 1.82) is 0 Å². The Morgan fingerprint density at radius 2 is 1.55 bits per heavy atom. The molecule has 6 aromatic rings. The van der Waals surface area contributed by atoms with Gasteiger partial charge in [-0.15, -0.1) is 0 Å². The van der Waals surface area contributed by atoms with Crippen LogP contribution in [0.1, 0.15) is 122 Å². The van der Waals surface area contributed by atoms with Gasteiger partial charge in [0.2, 0.25) is 11.8 Å². The summed E-state index contributed by atoms with van der Waals surface area (Å²) in [7, 11) is -3.84. The third-order valence-electron chi connectivity index (χ3n) is 18.7. The fourth-order valence-electron chi connectivity index (χ4n) is 13.0. The zero-order chi connectivity index (χ0) is 67.7. The summed E-state index contributed by atoms with van der Waals surface area (Å²) in [4.78, 5) is 85.8. The second-order valence-corrected chi connectivity index (χ2v) is 31.2. The number of anilines is 3. The average Bonchev–Trinajstić information content (AvgIpc) is 1.41. The van der Waals surface area contributed by atoms with Gasteiger partial charge >= 0.3 is 6.09 Å². The van der Waals surface area contributed by atoms with Crippen LogP contribution in [0, 0.1) is 5.82 Å². The van der Waals surface area contributed by atoms with E-state index in [1.165, 1.54) is 18.5 Å². The molecule has 3 atom stereocenters. The van der Waals surface area contributed by atoms with Gasteiger partial charge in [0.05, 0.1) is 53.7 Å². The molecule has 22 nitrogen and oxygen atoms in total. The zero-order valence-electron chi connectivity index (χ0n) is 57.0. The molecule has 0 aliphatic carbocycles. The summed E-state index contributed by atoms with van der Waals surface area (Å²) in [6.07, 6.45) is 5.37. The number of piperazine rings is 3. The number of ether oxygens (including phenoxy) is 3. The van der Waals surface area contributed by atoms with E-state index >= 15 is 4.79 Å². The highest BCUT2D eigenvalue weighted by atomic mass is 32.2. The first-order valence-corrected chi connectivity index (χ1v) is 34.5. The van der Waals surface area contributed by atoms with Gasteiger partial charge in [0, 0.05) is 126 Å². The number of hydrogen-bond acceptors (Lipinski definition) is 19. The maximum atomic E-state index is 15.0. The molecule has 3 amide bonds. The van der Waals surface area contributed by atoms with Gasteiger partial charge in [0.1, 0.15) is 58.2 Å². The van der Waals surface area contributed by atoms with Crippen LogP contribution in [-0.4, -0.2) is 208 Å². The number of fused-ring (bicyclic) bond motifs is 2. The summed E-state index contributed by atoms with van der Waals surface area (Å²) in [5.41, 5.74) is 5.92. The Hall–Kier alpha value is -8.19. The largest absolute Gasteiger partial charge is 0.492 e. The predicted octanol–water partition coefficient (Wildman–Crippen LogP) is 9.23. The highest BCUT2D eigenvalue weighted by molar-refractivity contribution is 7.92. The Labute approximate surface area is 557 Å². The lowest BCUT2D eigenvalue weighted by atomic mass is 9.91. The number of carbonyl (C=O) groups excluding carboxylic acids is 3. The lowest BCUT2D eigenvalue weighted by Crippen LogP contribution is -2.65. The second-order valence-electron chi connectivity index (χ2n) is 28.6. The molecule has 3 aromatic heterocycles. The molecule has 11 rings (SSSR count). The molecule has 24 heteroatoms. The molecule has 3 aromatic carbocycles. The number of aliphatic imine (C=N–C) groups is 1. The van der Waals surface area contributed by atoms with Crippen molar-refractivity contribution < 1.29 is 41.4 Å². The Kier molecular flexibility index (Phi) is 20.0. The lowest BCUT2D eigenvalue weighted by molar-refractivity contribution is -0.121. The van der Waals surface area contributed by atoms with Crippen molar-refractivity contribution in [2.75, 3.05) is 113 Å². The van der Waals surface area contributed by atoms with E-state index in [9.17, 15) is 22.4 Å². The minimum atomic E-state index is -3.84. The standard InChI is InChI=1S/C71H91FN14O8S/c1-46-35-75-64(49(46)4)79-65-55-33-60(95(90,91)70(8,9)10)59(34-56(55)76-45-77-65)92-30-16-23-80-24-26-81(27-25-80)61-37-73-57(36-74-61)67(88)83-29-28-82(47(2)38-83)40-54-41-85(68(89)94-69(5,6)7)48(3)39-84(54)42-62(87)86-44-71(11,12)63-58(86)32-52(31-50-19-21-53(72)22-20-50)66(78-63)93-43-51-17-14-13-15-18-51/h13-15,17-22,32-34,36-37,45,47-48,54H,16,23-31,35,38-44H2,1-12H3,(H,75,76,77,79)/t47-,48-,54+/m1/s1. The van der Waals surface area contributed by atoms with Crippen LogP contribution < -0.4 is 24.6 Å². The number of carbonyl (C=O) groups is 3. The van der Waals surface area contributed by atoms with Gasteiger partial charge in [-0.05, 0) is 122 Å². The van der Waals surface area contributed by atoms with E-state index in [4.69, 9.17) is 24.2 Å². The number of hydrogen-bond donors (Lipinski definition) is 1. The number of aromatic nitrogens is 5. The first-order chi connectivity index (χ1) is 45.1. The van der Waals surface area contributed by atoms with Gasteiger partial charge in [0.25, 0.3) is 5.91 Å². The molecular weight excluding hydrogens is 1230 g/mol. The number of rotatable bonds is 18. The van der Waals surface area contributed by atoms with Crippen LogP contribution in [0.4, 0.5) is 26.5 Å². The number of amides is 3. The van der Waals surface area contributed by atoms with Gasteiger partial charge < -0.3 is 39.1 Å². The topological polar surface area (TPSA) is 225 Å². The summed E-state index contributed by atoms with van der Waals surface area (Å²) in [5, 5.41) is 3.87. The highest BCUT2D eigenvalue weighted by Crippen LogP contribution is 2.43. The van der Waals surface area contributed by atoms with E-state index in [0.717, 1.165) is 58.9 Å². The first-order valence-electron chi connectivity index (χ1n) is 33.1. The van der Waals surface area contributed by atoms with E-state index in [1.54, 1.807) is 62.3 Å². The monoisotopic (exact) mass is 1320 g/mol. The van der Waals surface area contributed by atoms with E-state index in [0.29, 0.717) is 126 Å². The van der Waals surface area contributed by atoms with Crippen molar-refractivity contribution in [2.45, 2.75) is 141 Å². The number of benzene rings is 3. The predicted molar refractivity (Wildman–Crippen MR) is 366 cm³/mol. The molecular formula is C71H91FN14O8S. The summed E-state index contributed by atoms with van der Waals surface area (Å²) in [5.74, 6) is 1.98. The smallest absolute Gasteiger partial charge is 0.410 e. The van der Waals surface area contributed by atoms with E-state index in [2.05, 4.69) is 65.6 Å². The molecule has 0 bridgehead atoms. The van der Waals surface area contributed by atoms with E-state index in [-0.39, 0.29) is 58.6 Å². The summed E-state index contributed by atoms with van der Waals surface area (Å²) >= 11 is 0. The van der Waals surface area contributed by atoms with Crippen LogP contribution in [0.2, 0.25) is 0 Å². The van der Waals surface area contributed by atoms with Crippen molar-refractivity contribution in [1.82, 2.24) is 49.4 Å². The SMILES string of the molecule is CC1=C(C)C(Nc2ncnc3cc(OCCCN4CCN(c5cnc(C(=O)N6CCN(C[C@H]7CN(C(=O)OC(C)(C)C)[C@H](C)CN7CC(=O)N7CC(C)(C)c8nc(OCc9ccccc9)c(Cc9ccc(F)cc9)cc87)[C@H](C)C6)cn5)CC4)c(S(=O)(=O)C(C)(C)C)cc23)=NC1. The van der Waals surface area contributed by atoms with Crippen LogP contribution in [0.25, 0.3) is 10.9 Å². The molecule has 3 fully saturated rings. The summed E-state index contributed by atoms with van der Waals surface area (Å²) in [6.45, 7) is 31.0. The number of nitrogens with zero attached hydrogens (tertiary/aromatic N) is 13. The summed E-state index contributed by atoms with van der Waals surface area (Å²) < 4.78 is 59.9. The van der Waals surface area contributed by atoms with E-state index in [1.807, 2.05) is 87.7 Å². The molecule has 95 heavy (non-hydrogen) atoms. The molecule has 0 saturated carbocycles. The second kappa shape index (κ2) is 27.9. The Morgan fingerprint density at radius 1 is 0.800 bits per heavy atom. The van der Waals surface area contributed by atoms with Gasteiger partial charge in [-0.3, -0.25) is 29.3 Å². The van der Waals surface area contributed by atoms with Crippen LogP contribution >= 0.6 is 0 Å². The van der Waals surface area contributed by atoms with Gasteiger partial charge in [-0.1, -0.05) is 56.3 Å². The minimum absolute atomic E-state index is 0.0682. The Bertz CT molecular complexity index is 3980. The fourth-order valence-corrected chi connectivity index (χ4v) is 14.3. The molecule has 1 N–H and O–H groups in total. The Balaban J connectivity index is 0.700. The number of nitrogens with one attached hydrogen (secondary N) is 1. The number of amidine groups is 1. The third-order valence-corrected chi connectivity index (χ3v) is 21.2. The van der Waals surface area contributed by atoms with Crippen molar-refractivity contribution in [3.63, 3.8) is 0 Å². The summed E-state index contributed by atoms with van der Waals surface area (Å²) in [6, 6.07) is 21.0.